The molecule has 0 radical (unpaired) electrons. The van der Waals surface area contributed by atoms with Crippen LogP contribution >= 0.6 is 0 Å². The highest BCUT2D eigenvalue weighted by Gasteiger charge is 2.22. The van der Waals surface area contributed by atoms with Crippen molar-refractivity contribution in [2.24, 2.45) is 0 Å². The molecule has 2 unspecified atom stereocenters. The monoisotopic (exact) mass is 329 g/mol. The van der Waals surface area contributed by atoms with Gasteiger partial charge in [0.05, 0.1) is 23.4 Å². The summed E-state index contributed by atoms with van der Waals surface area (Å²) >= 11 is 0. The number of nitrogens with one attached hydrogen (secondary N) is 1. The molecule has 0 bridgehead atoms. The zero-order valence-electron chi connectivity index (χ0n) is 14.9. The van der Waals surface area contributed by atoms with E-state index in [1.54, 1.807) is 10.9 Å². The fourth-order valence-electron chi connectivity index (χ4n) is 2.61. The van der Waals surface area contributed by atoms with Gasteiger partial charge in [-0.3, -0.25) is 9.48 Å². The fraction of sp³-hybridized carbons (Fsp3) is 0.474. The van der Waals surface area contributed by atoms with Crippen LogP contribution in [0.15, 0.2) is 36.5 Å². The number of aromatic nitrogens is 2. The van der Waals surface area contributed by atoms with E-state index in [9.17, 15) is 9.90 Å². The second-order valence-corrected chi connectivity index (χ2v) is 6.46. The molecule has 0 saturated carbocycles. The maximum Gasteiger partial charge on any atom is 0.255 e. The minimum absolute atomic E-state index is 0.170. The van der Waals surface area contributed by atoms with Gasteiger partial charge in [0.15, 0.2) is 0 Å². The molecular formula is C19H27N3O2. The van der Waals surface area contributed by atoms with Crippen molar-refractivity contribution >= 4 is 5.91 Å². The number of benzene rings is 1. The van der Waals surface area contributed by atoms with Crippen LogP contribution in [-0.4, -0.2) is 32.9 Å². The first kappa shape index (κ1) is 18.2. The zero-order valence-corrected chi connectivity index (χ0v) is 14.9. The van der Waals surface area contributed by atoms with Gasteiger partial charge >= 0.3 is 0 Å². The molecule has 0 spiro atoms. The Balaban J connectivity index is 2.04. The van der Waals surface area contributed by atoms with Crippen LogP contribution in [-0.2, 0) is 13.0 Å². The Morgan fingerprint density at radius 2 is 1.92 bits per heavy atom. The van der Waals surface area contributed by atoms with E-state index in [2.05, 4.69) is 10.4 Å². The Labute approximate surface area is 143 Å². The number of hydrogen-bond donors (Lipinski definition) is 2. The molecule has 2 atom stereocenters. The van der Waals surface area contributed by atoms with Crippen LogP contribution in [0.1, 0.15) is 55.2 Å². The Bertz CT molecular complexity index is 665. The minimum atomic E-state index is -0.639. The highest BCUT2D eigenvalue weighted by molar-refractivity contribution is 5.95. The van der Waals surface area contributed by atoms with Gasteiger partial charge in [0, 0.05) is 19.2 Å². The van der Waals surface area contributed by atoms with Crippen molar-refractivity contribution < 1.29 is 9.90 Å². The van der Waals surface area contributed by atoms with E-state index in [1.165, 1.54) is 0 Å². The quantitative estimate of drug-likeness (QED) is 0.821. The predicted molar refractivity (Wildman–Crippen MR) is 95.1 cm³/mol. The topological polar surface area (TPSA) is 67.2 Å². The van der Waals surface area contributed by atoms with Crippen LogP contribution in [0, 0.1) is 0 Å². The summed E-state index contributed by atoms with van der Waals surface area (Å²) < 4.78 is 1.77. The second kappa shape index (κ2) is 8.11. The highest BCUT2D eigenvalue weighted by Crippen LogP contribution is 2.18. The van der Waals surface area contributed by atoms with E-state index in [-0.39, 0.29) is 17.9 Å². The first-order chi connectivity index (χ1) is 11.4. The molecule has 0 fully saturated rings. The van der Waals surface area contributed by atoms with E-state index in [0.717, 1.165) is 17.8 Å². The number of nitrogens with zero attached hydrogens (tertiary/aromatic N) is 2. The average Bonchev–Trinajstić information content (AvgIpc) is 3.00. The predicted octanol–water partition coefficient (Wildman–Crippen LogP) is 2.75. The molecule has 1 amide bonds. The van der Waals surface area contributed by atoms with Gasteiger partial charge in [0.25, 0.3) is 5.91 Å². The fourth-order valence-corrected chi connectivity index (χ4v) is 2.61. The molecule has 0 saturated heterocycles. The number of carbonyl (C=O) groups excluding carboxylic acids is 1. The van der Waals surface area contributed by atoms with Crippen molar-refractivity contribution in [2.45, 2.75) is 58.7 Å². The lowest BCUT2D eigenvalue weighted by atomic mass is 10.0. The standard InChI is InChI=1S/C19H27N3O2/c1-5-22-12-16(18(21-22)13(2)3)19(24)20-14(4)17(23)11-15-9-7-6-8-10-15/h6-10,12-14,17,23H,5,11H2,1-4H3,(H,20,24). The molecule has 5 heteroatoms. The van der Waals surface area contributed by atoms with Gasteiger partial charge in [0.1, 0.15) is 0 Å². The molecule has 130 valence electrons. The van der Waals surface area contributed by atoms with Gasteiger partial charge < -0.3 is 10.4 Å². The largest absolute Gasteiger partial charge is 0.391 e. The molecule has 2 aromatic rings. The van der Waals surface area contributed by atoms with Crippen LogP contribution < -0.4 is 5.32 Å². The number of aliphatic hydroxyl groups excluding tert-OH is 1. The maximum atomic E-state index is 12.6. The summed E-state index contributed by atoms with van der Waals surface area (Å²) in [5, 5.41) is 17.7. The molecule has 2 rings (SSSR count). The smallest absolute Gasteiger partial charge is 0.255 e. The van der Waals surface area contributed by atoms with Gasteiger partial charge in [0.2, 0.25) is 0 Å². The molecule has 1 aromatic heterocycles. The highest BCUT2D eigenvalue weighted by atomic mass is 16.3. The summed E-state index contributed by atoms with van der Waals surface area (Å²) in [6.45, 7) is 8.58. The molecule has 0 aliphatic carbocycles. The second-order valence-electron chi connectivity index (χ2n) is 6.46. The molecule has 1 heterocycles. The number of amides is 1. The lowest BCUT2D eigenvalue weighted by Crippen LogP contribution is -2.42. The van der Waals surface area contributed by atoms with Gasteiger partial charge in [-0.05, 0) is 25.3 Å². The average molecular weight is 329 g/mol. The van der Waals surface area contributed by atoms with E-state index in [1.807, 2.05) is 58.0 Å². The number of hydrogen-bond acceptors (Lipinski definition) is 3. The van der Waals surface area contributed by atoms with E-state index in [0.29, 0.717) is 12.0 Å². The maximum absolute atomic E-state index is 12.6. The van der Waals surface area contributed by atoms with Crippen LogP contribution in [0.3, 0.4) is 0 Å². The lowest BCUT2D eigenvalue weighted by Gasteiger charge is -2.20. The molecule has 5 nitrogen and oxygen atoms in total. The van der Waals surface area contributed by atoms with Crippen LogP contribution in [0.4, 0.5) is 0 Å². The summed E-state index contributed by atoms with van der Waals surface area (Å²) in [6.07, 6.45) is 1.65. The molecule has 1 aromatic carbocycles. The van der Waals surface area contributed by atoms with Crippen molar-refractivity contribution in [1.29, 1.82) is 0 Å². The Morgan fingerprint density at radius 3 is 2.50 bits per heavy atom. The lowest BCUT2D eigenvalue weighted by molar-refractivity contribution is 0.0850. The molecule has 24 heavy (non-hydrogen) atoms. The molecule has 0 aliphatic rings. The van der Waals surface area contributed by atoms with E-state index < -0.39 is 6.10 Å². The third kappa shape index (κ3) is 4.45. The summed E-state index contributed by atoms with van der Waals surface area (Å²) in [4.78, 5) is 12.6. The third-order valence-electron chi connectivity index (χ3n) is 4.13. The van der Waals surface area contributed by atoms with Crippen LogP contribution in [0.5, 0.6) is 0 Å². The number of aliphatic hydroxyl groups is 1. The first-order valence-electron chi connectivity index (χ1n) is 8.52. The summed E-state index contributed by atoms with van der Waals surface area (Å²) in [7, 11) is 0. The van der Waals surface area contributed by atoms with Crippen molar-refractivity contribution in [3.05, 3.63) is 53.3 Å². The summed E-state index contributed by atoms with van der Waals surface area (Å²) in [6, 6.07) is 9.43. The van der Waals surface area contributed by atoms with Crippen LogP contribution in [0.25, 0.3) is 0 Å². The van der Waals surface area contributed by atoms with Crippen LogP contribution in [0.2, 0.25) is 0 Å². The number of aryl methyl sites for hydroxylation is 1. The third-order valence-corrected chi connectivity index (χ3v) is 4.13. The Morgan fingerprint density at radius 1 is 1.25 bits per heavy atom. The number of carbonyl (C=O) groups is 1. The van der Waals surface area contributed by atoms with Crippen molar-refractivity contribution in [1.82, 2.24) is 15.1 Å². The molecular weight excluding hydrogens is 302 g/mol. The number of rotatable bonds is 7. The van der Waals surface area contributed by atoms with Crippen molar-refractivity contribution in [2.75, 3.05) is 0 Å². The summed E-state index contributed by atoms with van der Waals surface area (Å²) in [5.74, 6) is -0.0129. The van der Waals surface area contributed by atoms with Crippen molar-refractivity contribution in [3.63, 3.8) is 0 Å². The van der Waals surface area contributed by atoms with Gasteiger partial charge in [-0.15, -0.1) is 0 Å². The molecule has 0 aliphatic heterocycles. The van der Waals surface area contributed by atoms with Gasteiger partial charge in [-0.2, -0.15) is 5.10 Å². The normalized spacial score (nSPS) is 13.8. The van der Waals surface area contributed by atoms with Gasteiger partial charge in [-0.1, -0.05) is 44.2 Å². The van der Waals surface area contributed by atoms with E-state index >= 15 is 0 Å². The van der Waals surface area contributed by atoms with Crippen molar-refractivity contribution in [3.8, 4) is 0 Å². The first-order valence-corrected chi connectivity index (χ1v) is 8.52. The van der Waals surface area contributed by atoms with Gasteiger partial charge in [-0.25, -0.2) is 0 Å². The SMILES string of the molecule is CCn1cc(C(=O)NC(C)C(O)Cc2ccccc2)c(C(C)C)n1. The molecule has 2 N–H and O–H groups in total. The zero-order chi connectivity index (χ0) is 17.7. The Hall–Kier alpha value is -2.14. The Kier molecular flexibility index (Phi) is 6.15. The van der Waals surface area contributed by atoms with E-state index in [4.69, 9.17) is 0 Å². The minimum Gasteiger partial charge on any atom is -0.391 e. The summed E-state index contributed by atoms with van der Waals surface area (Å²) in [5.41, 5.74) is 2.43.